The van der Waals surface area contributed by atoms with Crippen LogP contribution in [0.15, 0.2) is 64.7 Å². The molecule has 0 aliphatic carbocycles. The average Bonchev–Trinajstić information content (AvgIpc) is 3.06. The van der Waals surface area contributed by atoms with Crippen molar-refractivity contribution in [1.29, 1.82) is 0 Å². The lowest BCUT2D eigenvalue weighted by molar-refractivity contribution is -0.154. The summed E-state index contributed by atoms with van der Waals surface area (Å²) in [4.78, 5) is 12.6. The molecular weight excluding hydrogens is 652 g/mol. The van der Waals surface area contributed by atoms with Gasteiger partial charge in [-0.2, -0.15) is 0 Å². The highest BCUT2D eigenvalue weighted by Crippen LogP contribution is 2.35. The summed E-state index contributed by atoms with van der Waals surface area (Å²) in [6.45, 7) is 12.5. The Morgan fingerprint density at radius 2 is 1.72 bits per heavy atom. The molecule has 0 N–H and O–H groups in total. The largest absolute Gasteiger partial charge is 0.497 e. The molecule has 46 heavy (non-hydrogen) atoms. The van der Waals surface area contributed by atoms with E-state index in [0.29, 0.717) is 45.7 Å². The molecule has 0 saturated carbocycles. The van der Waals surface area contributed by atoms with Gasteiger partial charge in [-0.05, 0) is 54.3 Å². The average molecular weight is 708 g/mol. The van der Waals surface area contributed by atoms with Crippen molar-refractivity contribution in [3.8, 4) is 5.75 Å². The number of carbonyl (C=O) groups excluding carboxylic acids is 1. The lowest BCUT2D eigenvalue weighted by Gasteiger charge is -2.37. The van der Waals surface area contributed by atoms with E-state index in [4.69, 9.17) is 33.2 Å². The molecule has 0 aliphatic heterocycles. The summed E-state index contributed by atoms with van der Waals surface area (Å²) in [5.41, 5.74) is 2.75. The molecule has 0 bridgehead atoms. The standard InChI is InChI=1S/C37H55BrO8/c1-9-28(24-44-26-43-19-18-40-6)20-27(3)34(45-25-29-14-16-32(41-7)17-15-29)22-33(42-8)23-35(46-36(39)10-2)37(4,5)30-12-11-13-31(38)21-30/h11-17,20-21,28,33-35H,9-10,18-19,22-26H2,1-8H3/b27-20-. The van der Waals surface area contributed by atoms with Gasteiger partial charge in [0, 0.05) is 49.3 Å². The van der Waals surface area contributed by atoms with Gasteiger partial charge in [0.15, 0.2) is 0 Å². The Labute approximate surface area is 285 Å². The first-order chi connectivity index (χ1) is 22.1. The van der Waals surface area contributed by atoms with Crippen molar-refractivity contribution in [2.24, 2.45) is 5.92 Å². The van der Waals surface area contributed by atoms with E-state index in [1.54, 1.807) is 21.3 Å². The molecule has 0 amide bonds. The first kappa shape index (κ1) is 39.9. The van der Waals surface area contributed by atoms with Crippen LogP contribution in [-0.2, 0) is 45.2 Å². The van der Waals surface area contributed by atoms with Crippen LogP contribution in [0.1, 0.15) is 71.4 Å². The van der Waals surface area contributed by atoms with Crippen molar-refractivity contribution in [2.75, 3.05) is 47.9 Å². The lowest BCUT2D eigenvalue weighted by atomic mass is 9.76. The third-order valence-electron chi connectivity index (χ3n) is 8.29. The second kappa shape index (κ2) is 21.6. The van der Waals surface area contributed by atoms with Crippen LogP contribution in [0.3, 0.4) is 0 Å². The molecule has 258 valence electrons. The van der Waals surface area contributed by atoms with Gasteiger partial charge in [0.1, 0.15) is 18.6 Å². The molecule has 8 nitrogen and oxygen atoms in total. The molecule has 2 rings (SSSR count). The minimum absolute atomic E-state index is 0.188. The fraction of sp³-hybridized carbons (Fsp3) is 0.595. The number of methoxy groups -OCH3 is 3. The van der Waals surface area contributed by atoms with Gasteiger partial charge in [0.2, 0.25) is 0 Å². The molecule has 0 fully saturated rings. The van der Waals surface area contributed by atoms with Gasteiger partial charge in [-0.15, -0.1) is 0 Å². The second-order valence-electron chi connectivity index (χ2n) is 12.0. The van der Waals surface area contributed by atoms with E-state index >= 15 is 0 Å². The van der Waals surface area contributed by atoms with Gasteiger partial charge < -0.3 is 33.2 Å². The second-order valence-corrected chi connectivity index (χ2v) is 12.9. The maximum Gasteiger partial charge on any atom is 0.305 e. The van der Waals surface area contributed by atoms with E-state index in [0.717, 1.165) is 33.3 Å². The normalized spacial score (nSPS) is 14.8. The van der Waals surface area contributed by atoms with Gasteiger partial charge >= 0.3 is 5.97 Å². The van der Waals surface area contributed by atoms with Crippen molar-refractivity contribution in [3.05, 3.63) is 75.8 Å². The Hall–Kier alpha value is -2.27. The molecule has 0 aromatic heterocycles. The van der Waals surface area contributed by atoms with Crippen molar-refractivity contribution in [2.45, 2.75) is 90.6 Å². The van der Waals surface area contributed by atoms with Crippen molar-refractivity contribution in [1.82, 2.24) is 0 Å². The molecule has 0 spiro atoms. The van der Waals surface area contributed by atoms with Gasteiger partial charge in [-0.1, -0.05) is 74.0 Å². The zero-order valence-electron chi connectivity index (χ0n) is 29.0. The number of benzene rings is 2. The van der Waals surface area contributed by atoms with Crippen LogP contribution < -0.4 is 4.74 Å². The third kappa shape index (κ3) is 13.8. The third-order valence-corrected chi connectivity index (χ3v) is 8.79. The van der Waals surface area contributed by atoms with E-state index < -0.39 is 11.5 Å². The molecule has 0 saturated heterocycles. The number of carbonyl (C=O) groups is 1. The van der Waals surface area contributed by atoms with Crippen LogP contribution in [-0.4, -0.2) is 72.2 Å². The van der Waals surface area contributed by atoms with E-state index in [1.165, 1.54) is 0 Å². The van der Waals surface area contributed by atoms with E-state index in [9.17, 15) is 4.79 Å². The monoisotopic (exact) mass is 706 g/mol. The van der Waals surface area contributed by atoms with Gasteiger partial charge in [0.05, 0.1) is 45.7 Å². The molecule has 0 heterocycles. The molecule has 9 heteroatoms. The number of halogens is 1. The van der Waals surface area contributed by atoms with Crippen LogP contribution in [0, 0.1) is 5.92 Å². The predicted molar refractivity (Wildman–Crippen MR) is 185 cm³/mol. The van der Waals surface area contributed by atoms with Crippen LogP contribution in [0.25, 0.3) is 0 Å². The topological polar surface area (TPSA) is 81.7 Å². The van der Waals surface area contributed by atoms with E-state index in [1.807, 2.05) is 43.3 Å². The molecular formula is C37H55BrO8. The summed E-state index contributed by atoms with van der Waals surface area (Å²) in [5, 5.41) is 0. The van der Waals surface area contributed by atoms with E-state index in [-0.39, 0.29) is 30.9 Å². The Morgan fingerprint density at radius 1 is 0.978 bits per heavy atom. The number of ether oxygens (including phenoxy) is 7. The Morgan fingerprint density at radius 3 is 2.33 bits per heavy atom. The Kier molecular flexibility index (Phi) is 18.7. The minimum Gasteiger partial charge on any atom is -0.497 e. The molecule has 4 atom stereocenters. The molecule has 2 aromatic rings. The SMILES string of the molecule is CCC(=O)OC(CC(CC(OCc1ccc(OC)cc1)/C(C)=C\C(CC)COCOCCOC)OC)C(C)(C)c1cccc(Br)c1. The summed E-state index contributed by atoms with van der Waals surface area (Å²) >= 11 is 3.60. The smallest absolute Gasteiger partial charge is 0.305 e. The number of hydrogen-bond donors (Lipinski definition) is 0. The molecule has 4 unspecified atom stereocenters. The fourth-order valence-electron chi connectivity index (χ4n) is 5.10. The Balaban J connectivity index is 2.29. The quantitative estimate of drug-likeness (QED) is 0.0497. The minimum atomic E-state index is -0.467. The van der Waals surface area contributed by atoms with Crippen LogP contribution in [0.4, 0.5) is 0 Å². The summed E-state index contributed by atoms with van der Waals surface area (Å²) in [5.74, 6) is 0.754. The van der Waals surface area contributed by atoms with Crippen molar-refractivity contribution in [3.63, 3.8) is 0 Å². The van der Waals surface area contributed by atoms with Gasteiger partial charge in [-0.3, -0.25) is 4.79 Å². The summed E-state index contributed by atoms with van der Waals surface area (Å²) < 4.78 is 41.4. The number of rotatable bonds is 23. The summed E-state index contributed by atoms with van der Waals surface area (Å²) in [6, 6.07) is 16.0. The first-order valence-electron chi connectivity index (χ1n) is 16.1. The maximum atomic E-state index is 12.6. The zero-order chi connectivity index (χ0) is 34.0. The lowest BCUT2D eigenvalue weighted by Crippen LogP contribution is -2.41. The van der Waals surface area contributed by atoms with Crippen molar-refractivity contribution >= 4 is 21.9 Å². The molecule has 0 aliphatic rings. The highest BCUT2D eigenvalue weighted by molar-refractivity contribution is 9.10. The highest BCUT2D eigenvalue weighted by atomic mass is 79.9. The van der Waals surface area contributed by atoms with Gasteiger partial charge in [-0.25, -0.2) is 0 Å². The highest BCUT2D eigenvalue weighted by Gasteiger charge is 2.37. The Bertz CT molecular complexity index is 1170. The predicted octanol–water partition coefficient (Wildman–Crippen LogP) is 8.05. The summed E-state index contributed by atoms with van der Waals surface area (Å²) in [7, 11) is 5.01. The first-order valence-corrected chi connectivity index (χ1v) is 16.9. The van der Waals surface area contributed by atoms with Gasteiger partial charge in [0.25, 0.3) is 0 Å². The van der Waals surface area contributed by atoms with Crippen LogP contribution in [0.5, 0.6) is 5.75 Å². The van der Waals surface area contributed by atoms with E-state index in [2.05, 4.69) is 61.8 Å². The summed E-state index contributed by atoms with van der Waals surface area (Å²) in [6.07, 6.45) is 3.64. The maximum absolute atomic E-state index is 12.6. The van der Waals surface area contributed by atoms with Crippen LogP contribution in [0.2, 0.25) is 0 Å². The van der Waals surface area contributed by atoms with Crippen molar-refractivity contribution < 1.29 is 38.0 Å². The fourth-order valence-corrected chi connectivity index (χ4v) is 5.50. The molecule has 2 aromatic carbocycles. The van der Waals surface area contributed by atoms with Crippen LogP contribution >= 0.6 is 15.9 Å². The number of hydrogen-bond acceptors (Lipinski definition) is 8. The molecule has 0 radical (unpaired) electrons. The zero-order valence-corrected chi connectivity index (χ0v) is 30.6. The number of esters is 1.